The first-order valence-electron chi connectivity index (χ1n) is 8.45. The molecule has 0 bridgehead atoms. The molecule has 0 aromatic carbocycles. The predicted octanol–water partition coefficient (Wildman–Crippen LogP) is 1.44. The summed E-state index contributed by atoms with van der Waals surface area (Å²) in [6.07, 6.45) is 1.55. The van der Waals surface area contributed by atoms with Crippen molar-refractivity contribution in [1.29, 1.82) is 0 Å². The van der Waals surface area contributed by atoms with Crippen molar-refractivity contribution in [1.82, 2.24) is 10.6 Å². The zero-order valence-electron chi connectivity index (χ0n) is 15.6. The minimum absolute atomic E-state index is 0.000296. The van der Waals surface area contributed by atoms with Crippen molar-refractivity contribution >= 4 is 11.8 Å². The largest absolute Gasteiger partial charge is 0.374 e. The summed E-state index contributed by atoms with van der Waals surface area (Å²) in [7, 11) is 0. The monoisotopic (exact) mass is 329 g/mol. The Morgan fingerprint density at radius 3 is 2.22 bits per heavy atom. The number of ether oxygens (including phenoxy) is 1. The Labute approximate surface area is 140 Å². The van der Waals surface area contributed by atoms with Crippen molar-refractivity contribution < 1.29 is 14.3 Å². The summed E-state index contributed by atoms with van der Waals surface area (Å²) >= 11 is 0. The summed E-state index contributed by atoms with van der Waals surface area (Å²) in [6.45, 7) is 13.2. The molecular weight excluding hydrogens is 294 g/mol. The summed E-state index contributed by atoms with van der Waals surface area (Å²) in [5.74, 6) is -0.0629. The minimum Gasteiger partial charge on any atom is -0.374 e. The van der Waals surface area contributed by atoms with Gasteiger partial charge in [0.15, 0.2) is 0 Å². The highest BCUT2D eigenvalue weighted by Crippen LogP contribution is 2.21. The number of hydrogen-bond donors (Lipinski definition) is 3. The van der Waals surface area contributed by atoms with E-state index < -0.39 is 5.41 Å². The zero-order chi connectivity index (χ0) is 18.1. The molecule has 1 atom stereocenters. The van der Waals surface area contributed by atoms with Crippen LogP contribution in [0.3, 0.4) is 0 Å². The van der Waals surface area contributed by atoms with E-state index in [0.29, 0.717) is 26.2 Å². The third-order valence-corrected chi connectivity index (χ3v) is 3.95. The first-order chi connectivity index (χ1) is 10.6. The van der Waals surface area contributed by atoms with Gasteiger partial charge in [-0.1, -0.05) is 13.8 Å². The van der Waals surface area contributed by atoms with Crippen LogP contribution >= 0.6 is 0 Å². The second-order valence-electron chi connectivity index (χ2n) is 7.33. The minimum atomic E-state index is -0.632. The van der Waals surface area contributed by atoms with Crippen LogP contribution < -0.4 is 16.4 Å². The molecule has 136 valence electrons. The van der Waals surface area contributed by atoms with Crippen molar-refractivity contribution in [3.05, 3.63) is 0 Å². The van der Waals surface area contributed by atoms with Gasteiger partial charge < -0.3 is 21.1 Å². The molecule has 0 aromatic rings. The molecule has 0 saturated heterocycles. The molecule has 0 fully saturated rings. The fraction of sp³-hybridized carbons (Fsp3) is 0.882. The van der Waals surface area contributed by atoms with E-state index in [1.54, 1.807) is 0 Å². The number of amides is 2. The predicted molar refractivity (Wildman–Crippen MR) is 93.0 cm³/mol. The maximum Gasteiger partial charge on any atom is 0.228 e. The van der Waals surface area contributed by atoms with Gasteiger partial charge in [0.25, 0.3) is 0 Å². The van der Waals surface area contributed by atoms with Crippen molar-refractivity contribution in [3.8, 4) is 0 Å². The van der Waals surface area contributed by atoms with Gasteiger partial charge in [-0.25, -0.2) is 0 Å². The van der Waals surface area contributed by atoms with Gasteiger partial charge in [0.2, 0.25) is 11.8 Å². The molecule has 0 aliphatic heterocycles. The van der Waals surface area contributed by atoms with Crippen LogP contribution in [0.1, 0.15) is 54.4 Å². The number of nitrogens with one attached hydrogen (secondary N) is 2. The first-order valence-corrected chi connectivity index (χ1v) is 8.45. The molecule has 1 unspecified atom stereocenters. The lowest BCUT2D eigenvalue weighted by atomic mass is 9.93. The van der Waals surface area contributed by atoms with E-state index in [4.69, 9.17) is 10.5 Å². The summed E-state index contributed by atoms with van der Waals surface area (Å²) < 4.78 is 5.84. The number of rotatable bonds is 11. The smallest absolute Gasteiger partial charge is 0.228 e. The molecule has 0 rings (SSSR count). The Kier molecular flexibility index (Phi) is 9.39. The summed E-state index contributed by atoms with van der Waals surface area (Å²) in [6, 6.07) is 0. The number of carbonyl (C=O) groups excluding carboxylic acids is 2. The van der Waals surface area contributed by atoms with E-state index in [0.717, 1.165) is 12.8 Å². The standard InChI is InChI=1S/C17H35N3O3/c1-7-13(2)14(21)19-10-11-20-15(22)16(3,4)12-23-17(5,6)8-9-18/h13H,7-12,18H2,1-6H3,(H,19,21)(H,20,22). The van der Waals surface area contributed by atoms with Crippen molar-refractivity contribution in [3.63, 3.8) is 0 Å². The Balaban J connectivity index is 4.15. The lowest BCUT2D eigenvalue weighted by molar-refractivity contribution is -0.137. The molecule has 0 aliphatic carbocycles. The average Bonchev–Trinajstić information content (AvgIpc) is 2.48. The molecule has 0 saturated carbocycles. The lowest BCUT2D eigenvalue weighted by Gasteiger charge is -2.31. The Morgan fingerprint density at radius 2 is 1.70 bits per heavy atom. The maximum absolute atomic E-state index is 12.2. The van der Waals surface area contributed by atoms with Crippen LogP contribution in [0.4, 0.5) is 0 Å². The Morgan fingerprint density at radius 1 is 1.13 bits per heavy atom. The van der Waals surface area contributed by atoms with Crippen molar-refractivity contribution in [2.24, 2.45) is 17.1 Å². The fourth-order valence-electron chi connectivity index (χ4n) is 1.82. The van der Waals surface area contributed by atoms with Crippen LogP contribution in [0.5, 0.6) is 0 Å². The van der Waals surface area contributed by atoms with Crippen LogP contribution in [-0.2, 0) is 14.3 Å². The van der Waals surface area contributed by atoms with Crippen molar-refractivity contribution in [2.45, 2.75) is 60.0 Å². The topological polar surface area (TPSA) is 93.5 Å². The van der Waals surface area contributed by atoms with Gasteiger partial charge in [-0.15, -0.1) is 0 Å². The van der Waals surface area contributed by atoms with E-state index in [9.17, 15) is 9.59 Å². The highest BCUT2D eigenvalue weighted by molar-refractivity contribution is 5.82. The fourth-order valence-corrected chi connectivity index (χ4v) is 1.82. The van der Waals surface area contributed by atoms with Gasteiger partial charge in [0, 0.05) is 19.0 Å². The molecule has 2 amide bonds. The molecule has 0 aromatic heterocycles. The van der Waals surface area contributed by atoms with Crippen LogP contribution in [0.25, 0.3) is 0 Å². The lowest BCUT2D eigenvalue weighted by Crippen LogP contribution is -2.45. The normalized spacial score (nSPS) is 13.5. The van der Waals surface area contributed by atoms with Crippen LogP contribution in [0.15, 0.2) is 0 Å². The molecule has 0 heterocycles. The summed E-state index contributed by atoms with van der Waals surface area (Å²) in [5, 5.41) is 5.66. The molecule has 23 heavy (non-hydrogen) atoms. The van der Waals surface area contributed by atoms with Gasteiger partial charge in [-0.05, 0) is 47.1 Å². The van der Waals surface area contributed by atoms with Crippen molar-refractivity contribution in [2.75, 3.05) is 26.2 Å². The molecule has 0 aliphatic rings. The third-order valence-electron chi connectivity index (χ3n) is 3.95. The highest BCUT2D eigenvalue weighted by atomic mass is 16.5. The molecule has 0 spiro atoms. The van der Waals surface area contributed by atoms with E-state index >= 15 is 0 Å². The Bertz CT molecular complexity index is 381. The average molecular weight is 329 g/mol. The number of hydrogen-bond acceptors (Lipinski definition) is 4. The second kappa shape index (κ2) is 9.88. The molecule has 6 nitrogen and oxygen atoms in total. The van der Waals surface area contributed by atoms with E-state index in [1.165, 1.54) is 0 Å². The second-order valence-corrected chi connectivity index (χ2v) is 7.33. The van der Waals surface area contributed by atoms with Gasteiger partial charge >= 0.3 is 0 Å². The third kappa shape index (κ3) is 8.91. The molecule has 4 N–H and O–H groups in total. The molecule has 0 radical (unpaired) electrons. The van der Waals surface area contributed by atoms with Gasteiger partial charge in [0.1, 0.15) is 0 Å². The van der Waals surface area contributed by atoms with Gasteiger partial charge in [0.05, 0.1) is 17.6 Å². The van der Waals surface area contributed by atoms with Crippen LogP contribution in [0, 0.1) is 11.3 Å². The Hall–Kier alpha value is -1.14. The van der Waals surface area contributed by atoms with E-state index in [1.807, 2.05) is 41.5 Å². The maximum atomic E-state index is 12.2. The van der Waals surface area contributed by atoms with E-state index in [2.05, 4.69) is 10.6 Å². The SMILES string of the molecule is CCC(C)C(=O)NCCNC(=O)C(C)(C)COC(C)(C)CCN. The zero-order valence-corrected chi connectivity index (χ0v) is 15.6. The first kappa shape index (κ1) is 21.9. The molecular formula is C17H35N3O3. The molecule has 6 heteroatoms. The van der Waals surface area contributed by atoms with E-state index in [-0.39, 0.29) is 23.3 Å². The summed E-state index contributed by atoms with van der Waals surface area (Å²) in [5.41, 5.74) is 4.59. The van der Waals surface area contributed by atoms with Crippen LogP contribution in [0.2, 0.25) is 0 Å². The highest BCUT2D eigenvalue weighted by Gasteiger charge is 2.30. The number of nitrogens with two attached hydrogens (primary N) is 1. The van der Waals surface area contributed by atoms with Gasteiger partial charge in [-0.2, -0.15) is 0 Å². The quantitative estimate of drug-likeness (QED) is 0.500. The van der Waals surface area contributed by atoms with Gasteiger partial charge in [-0.3, -0.25) is 9.59 Å². The summed E-state index contributed by atoms with van der Waals surface area (Å²) in [4.78, 5) is 23.9. The number of carbonyl (C=O) groups is 2. The van der Waals surface area contributed by atoms with Crippen LogP contribution in [-0.4, -0.2) is 43.7 Å².